The van der Waals surface area contributed by atoms with Gasteiger partial charge in [0.15, 0.2) is 0 Å². The third kappa shape index (κ3) is 2.27. The summed E-state index contributed by atoms with van der Waals surface area (Å²) in [5.41, 5.74) is 2.62. The van der Waals surface area contributed by atoms with E-state index in [1.165, 1.54) is 21.9 Å². The smallest absolute Gasteiger partial charge is 0.223 e. The van der Waals surface area contributed by atoms with Crippen LogP contribution in [0.15, 0.2) is 30.3 Å². The summed E-state index contributed by atoms with van der Waals surface area (Å²) in [5.74, 6) is 1.40. The third-order valence-corrected chi connectivity index (χ3v) is 4.58. The number of benzene rings is 2. The Morgan fingerprint density at radius 1 is 1.19 bits per heavy atom. The van der Waals surface area contributed by atoms with Crippen molar-refractivity contribution >= 4 is 16.7 Å². The molecule has 1 N–H and O–H groups in total. The molecule has 0 saturated heterocycles. The Morgan fingerprint density at radius 3 is 2.76 bits per heavy atom. The molecule has 0 aromatic heterocycles. The molecule has 3 nitrogen and oxygen atoms in total. The molecule has 1 amide bonds. The monoisotopic (exact) mass is 281 g/mol. The first-order valence-corrected chi connectivity index (χ1v) is 7.63. The molecule has 0 bridgehead atoms. The molecule has 0 aliphatic heterocycles. The molecule has 0 heterocycles. The lowest BCUT2D eigenvalue weighted by atomic mass is 9.85. The van der Waals surface area contributed by atoms with E-state index in [1.54, 1.807) is 7.11 Å². The second-order valence-electron chi connectivity index (χ2n) is 6.19. The average molecular weight is 281 g/mol. The number of rotatable bonds is 3. The maximum atomic E-state index is 12.0. The molecule has 0 spiro atoms. The summed E-state index contributed by atoms with van der Waals surface area (Å²) in [6, 6.07) is 10.8. The molecule has 2 aliphatic carbocycles. The van der Waals surface area contributed by atoms with Crippen LogP contribution in [-0.2, 0) is 17.6 Å². The van der Waals surface area contributed by atoms with Crippen LogP contribution in [-0.4, -0.2) is 19.1 Å². The van der Waals surface area contributed by atoms with Crippen molar-refractivity contribution in [3.05, 3.63) is 41.5 Å². The molecule has 1 saturated carbocycles. The number of carbonyl (C=O) groups is 1. The number of nitrogens with one attached hydrogen (secondary N) is 1. The first-order chi connectivity index (χ1) is 10.2. The quantitative estimate of drug-likeness (QED) is 0.939. The fourth-order valence-corrected chi connectivity index (χ4v) is 3.39. The van der Waals surface area contributed by atoms with Crippen LogP contribution < -0.4 is 10.1 Å². The van der Waals surface area contributed by atoms with E-state index in [4.69, 9.17) is 4.74 Å². The van der Waals surface area contributed by atoms with Gasteiger partial charge in [0.1, 0.15) is 5.75 Å². The summed E-state index contributed by atoms with van der Waals surface area (Å²) in [5, 5.41) is 5.80. The van der Waals surface area contributed by atoms with Crippen LogP contribution >= 0.6 is 0 Å². The highest BCUT2D eigenvalue weighted by atomic mass is 16.5. The van der Waals surface area contributed by atoms with E-state index in [0.29, 0.717) is 0 Å². The van der Waals surface area contributed by atoms with Gasteiger partial charge < -0.3 is 10.1 Å². The van der Waals surface area contributed by atoms with E-state index in [9.17, 15) is 4.79 Å². The average Bonchev–Trinajstić information content (AvgIpc) is 3.31. The zero-order valence-corrected chi connectivity index (χ0v) is 12.2. The minimum atomic E-state index is 0.211. The highest BCUT2D eigenvalue weighted by molar-refractivity contribution is 5.91. The van der Waals surface area contributed by atoms with Gasteiger partial charge in [-0.15, -0.1) is 0 Å². The van der Waals surface area contributed by atoms with Gasteiger partial charge in [-0.3, -0.25) is 4.79 Å². The Bertz CT molecular complexity index is 718. The normalized spacial score (nSPS) is 20.3. The molecule has 2 aliphatic rings. The van der Waals surface area contributed by atoms with Crippen molar-refractivity contribution < 1.29 is 9.53 Å². The fourth-order valence-electron chi connectivity index (χ4n) is 3.39. The minimum Gasteiger partial charge on any atom is -0.497 e. The van der Waals surface area contributed by atoms with Gasteiger partial charge in [0.05, 0.1) is 7.11 Å². The van der Waals surface area contributed by atoms with Gasteiger partial charge in [0, 0.05) is 12.0 Å². The SMILES string of the molecule is COc1cc2c3c(cccc3c1)CC(NC(=O)C1CC1)C2. The van der Waals surface area contributed by atoms with Crippen LogP contribution in [0.25, 0.3) is 10.8 Å². The number of hydrogen-bond acceptors (Lipinski definition) is 2. The van der Waals surface area contributed by atoms with E-state index in [2.05, 4.69) is 35.6 Å². The minimum absolute atomic E-state index is 0.211. The van der Waals surface area contributed by atoms with Crippen molar-refractivity contribution in [1.29, 1.82) is 0 Å². The number of carbonyl (C=O) groups excluding carboxylic acids is 1. The molecule has 108 valence electrons. The molecule has 2 aromatic carbocycles. The van der Waals surface area contributed by atoms with Gasteiger partial charge in [0.2, 0.25) is 5.91 Å². The van der Waals surface area contributed by atoms with Gasteiger partial charge in [0.25, 0.3) is 0 Å². The van der Waals surface area contributed by atoms with Gasteiger partial charge in [-0.25, -0.2) is 0 Å². The zero-order valence-electron chi connectivity index (χ0n) is 12.2. The second kappa shape index (κ2) is 4.76. The summed E-state index contributed by atoms with van der Waals surface area (Å²) in [6.07, 6.45) is 3.93. The summed E-state index contributed by atoms with van der Waals surface area (Å²) >= 11 is 0. The molecular formula is C18H19NO2. The van der Waals surface area contributed by atoms with Gasteiger partial charge in [-0.05, 0) is 59.7 Å². The Morgan fingerprint density at radius 2 is 2.00 bits per heavy atom. The first kappa shape index (κ1) is 12.7. The molecular weight excluding hydrogens is 262 g/mol. The lowest BCUT2D eigenvalue weighted by Gasteiger charge is -2.26. The van der Waals surface area contributed by atoms with E-state index in [1.807, 2.05) is 0 Å². The van der Waals surface area contributed by atoms with E-state index in [-0.39, 0.29) is 17.9 Å². The van der Waals surface area contributed by atoms with Crippen LogP contribution in [0.4, 0.5) is 0 Å². The molecule has 2 aromatic rings. The molecule has 4 rings (SSSR count). The molecule has 21 heavy (non-hydrogen) atoms. The maximum absolute atomic E-state index is 12.0. The molecule has 3 heteroatoms. The largest absolute Gasteiger partial charge is 0.497 e. The number of hydrogen-bond donors (Lipinski definition) is 1. The van der Waals surface area contributed by atoms with Crippen molar-refractivity contribution in [3.8, 4) is 5.75 Å². The van der Waals surface area contributed by atoms with E-state index < -0.39 is 0 Å². The predicted molar refractivity (Wildman–Crippen MR) is 82.6 cm³/mol. The van der Waals surface area contributed by atoms with E-state index >= 15 is 0 Å². The summed E-state index contributed by atoms with van der Waals surface area (Å²) in [4.78, 5) is 12.0. The summed E-state index contributed by atoms with van der Waals surface area (Å²) in [6.45, 7) is 0. The van der Waals surface area contributed by atoms with Gasteiger partial charge >= 0.3 is 0 Å². The zero-order chi connectivity index (χ0) is 14.4. The number of ether oxygens (including phenoxy) is 1. The highest BCUT2D eigenvalue weighted by Gasteiger charge is 2.32. The highest BCUT2D eigenvalue weighted by Crippen LogP contribution is 2.34. The second-order valence-corrected chi connectivity index (χ2v) is 6.19. The molecule has 1 unspecified atom stereocenters. The summed E-state index contributed by atoms with van der Waals surface area (Å²) in [7, 11) is 1.70. The predicted octanol–water partition coefficient (Wildman–Crippen LogP) is 2.84. The lowest BCUT2D eigenvalue weighted by Crippen LogP contribution is -2.40. The van der Waals surface area contributed by atoms with Crippen molar-refractivity contribution in [2.45, 2.75) is 31.7 Å². The van der Waals surface area contributed by atoms with Gasteiger partial charge in [-0.1, -0.05) is 18.2 Å². The van der Waals surface area contributed by atoms with Crippen LogP contribution in [0.1, 0.15) is 24.0 Å². The lowest BCUT2D eigenvalue weighted by molar-refractivity contribution is -0.123. The summed E-state index contributed by atoms with van der Waals surface area (Å²) < 4.78 is 5.41. The number of amides is 1. The maximum Gasteiger partial charge on any atom is 0.223 e. The number of methoxy groups -OCH3 is 1. The Balaban J connectivity index is 1.69. The van der Waals surface area contributed by atoms with Crippen molar-refractivity contribution in [3.63, 3.8) is 0 Å². The molecule has 1 fully saturated rings. The Hall–Kier alpha value is -2.03. The fraction of sp³-hybridized carbons (Fsp3) is 0.389. The van der Waals surface area contributed by atoms with Crippen LogP contribution in [0.3, 0.4) is 0 Å². The van der Waals surface area contributed by atoms with E-state index in [0.717, 1.165) is 31.4 Å². The van der Waals surface area contributed by atoms with Crippen molar-refractivity contribution in [1.82, 2.24) is 5.32 Å². The third-order valence-electron chi connectivity index (χ3n) is 4.58. The van der Waals surface area contributed by atoms with Crippen LogP contribution in [0, 0.1) is 5.92 Å². The topological polar surface area (TPSA) is 38.3 Å². The Kier molecular flexibility index (Phi) is 2.88. The van der Waals surface area contributed by atoms with Crippen LogP contribution in [0.2, 0.25) is 0 Å². The first-order valence-electron chi connectivity index (χ1n) is 7.63. The molecule has 0 radical (unpaired) electrons. The standard InChI is InChI=1S/C18H19NO2/c1-21-16-9-13-4-2-3-12-7-15(8-14(10-16)17(12)13)19-18(20)11-5-6-11/h2-4,9-11,15H,5-8H2,1H3,(H,19,20). The van der Waals surface area contributed by atoms with Crippen molar-refractivity contribution in [2.24, 2.45) is 5.92 Å². The van der Waals surface area contributed by atoms with Gasteiger partial charge in [-0.2, -0.15) is 0 Å². The molecule has 1 atom stereocenters. The Labute approximate surface area is 124 Å². The van der Waals surface area contributed by atoms with Crippen LogP contribution in [0.5, 0.6) is 5.75 Å². The van der Waals surface area contributed by atoms with Crippen molar-refractivity contribution in [2.75, 3.05) is 7.11 Å².